The number of benzene rings is 1. The lowest BCUT2D eigenvalue weighted by molar-refractivity contribution is -0.114. The molecule has 1 aromatic rings. The highest BCUT2D eigenvalue weighted by Crippen LogP contribution is 2.19. The normalized spacial score (nSPS) is 14.5. The maximum atomic E-state index is 11.2. The van der Waals surface area contributed by atoms with Gasteiger partial charge in [0.05, 0.1) is 12.2 Å². The predicted molar refractivity (Wildman–Crippen MR) is 62.4 cm³/mol. The third-order valence-corrected chi connectivity index (χ3v) is 2.52. The van der Waals surface area contributed by atoms with Crippen LogP contribution >= 0.6 is 0 Å². The van der Waals surface area contributed by atoms with Crippen molar-refractivity contribution in [2.75, 3.05) is 6.61 Å². The van der Waals surface area contributed by atoms with E-state index >= 15 is 0 Å². The Bertz CT molecular complexity index is 506. The Kier molecular flexibility index (Phi) is 3.18. The Morgan fingerprint density at radius 3 is 2.71 bits per heavy atom. The number of para-hydroxylation sites is 1. The summed E-state index contributed by atoms with van der Waals surface area (Å²) in [4.78, 5) is 11.2. The molecule has 0 unspecified atom stereocenters. The molecule has 1 amide bonds. The number of rotatable bonds is 4. The largest absolute Gasteiger partial charge is 0.493 e. The number of amides is 1. The third-order valence-electron chi connectivity index (χ3n) is 2.52. The fraction of sp³-hybridized carbons (Fsp3) is 0.250. The first-order valence-electron chi connectivity index (χ1n) is 5.31. The predicted octanol–water partition coefficient (Wildman–Crippen LogP) is 1.93. The van der Waals surface area contributed by atoms with E-state index in [-0.39, 0.29) is 11.7 Å². The van der Waals surface area contributed by atoms with E-state index in [2.05, 4.69) is 10.2 Å². The number of azo groups is 1. The van der Waals surface area contributed by atoms with E-state index in [0.29, 0.717) is 18.6 Å². The molecule has 0 bridgehead atoms. The quantitative estimate of drug-likeness (QED) is 0.860. The minimum Gasteiger partial charge on any atom is -0.493 e. The summed E-state index contributed by atoms with van der Waals surface area (Å²) in [6, 6.07) is 7.70. The second-order valence-corrected chi connectivity index (χ2v) is 3.73. The van der Waals surface area contributed by atoms with Crippen LogP contribution in [-0.4, -0.2) is 12.5 Å². The number of hydrogen-bond donors (Lipinski definition) is 1. The Morgan fingerprint density at radius 2 is 2.06 bits per heavy atom. The number of nitrogens with zero attached hydrogens (tertiary/aromatic N) is 2. The van der Waals surface area contributed by atoms with Crippen LogP contribution in [-0.2, 0) is 4.79 Å². The second kappa shape index (κ2) is 4.78. The molecule has 1 aliphatic rings. The molecule has 0 saturated heterocycles. The van der Waals surface area contributed by atoms with Crippen molar-refractivity contribution in [1.82, 2.24) is 0 Å². The Balaban J connectivity index is 1.91. The van der Waals surface area contributed by atoms with Crippen LogP contribution in [0.2, 0.25) is 0 Å². The lowest BCUT2D eigenvalue weighted by atomic mass is 10.2. The van der Waals surface area contributed by atoms with Crippen LogP contribution in [0.25, 0.3) is 0 Å². The summed E-state index contributed by atoms with van der Waals surface area (Å²) in [5.41, 5.74) is 7.01. The fourth-order valence-electron chi connectivity index (χ4n) is 1.55. The average molecular weight is 231 g/mol. The monoisotopic (exact) mass is 231 g/mol. The van der Waals surface area contributed by atoms with Crippen LogP contribution in [0.15, 0.2) is 45.9 Å². The van der Waals surface area contributed by atoms with Gasteiger partial charge in [-0.15, -0.1) is 10.2 Å². The molecule has 0 aliphatic carbocycles. The van der Waals surface area contributed by atoms with E-state index in [1.807, 2.05) is 31.2 Å². The lowest BCUT2D eigenvalue weighted by Crippen LogP contribution is -2.07. The van der Waals surface area contributed by atoms with Crippen molar-refractivity contribution in [3.8, 4) is 5.75 Å². The summed E-state index contributed by atoms with van der Waals surface area (Å²) >= 11 is 0. The van der Waals surface area contributed by atoms with Crippen LogP contribution in [0.1, 0.15) is 12.0 Å². The van der Waals surface area contributed by atoms with Crippen LogP contribution < -0.4 is 10.5 Å². The number of carbonyl (C=O) groups is 1. The highest BCUT2D eigenvalue weighted by atomic mass is 16.5. The molecular weight excluding hydrogens is 218 g/mol. The summed E-state index contributed by atoms with van der Waals surface area (Å²) in [5, 5.41) is 6.89. The van der Waals surface area contributed by atoms with Crippen LogP contribution in [0.4, 0.5) is 0 Å². The van der Waals surface area contributed by atoms with E-state index in [4.69, 9.17) is 10.5 Å². The van der Waals surface area contributed by atoms with Gasteiger partial charge in [-0.2, -0.15) is 0 Å². The summed E-state index contributed by atoms with van der Waals surface area (Å²) < 4.78 is 5.57. The summed E-state index contributed by atoms with van der Waals surface area (Å²) in [7, 11) is 0. The maximum Gasteiger partial charge on any atom is 0.295 e. The summed E-state index contributed by atoms with van der Waals surface area (Å²) in [6.07, 6.45) is 0.423. The molecule has 0 atom stereocenters. The maximum absolute atomic E-state index is 11.2. The van der Waals surface area contributed by atoms with Gasteiger partial charge in [0.1, 0.15) is 5.75 Å². The van der Waals surface area contributed by atoms with Gasteiger partial charge in [-0.05, 0) is 18.6 Å². The topological polar surface area (TPSA) is 77.0 Å². The molecular formula is C12H13N3O2. The van der Waals surface area contributed by atoms with Gasteiger partial charge in [-0.25, -0.2) is 0 Å². The van der Waals surface area contributed by atoms with E-state index < -0.39 is 0 Å². The van der Waals surface area contributed by atoms with Crippen molar-refractivity contribution in [3.05, 3.63) is 41.2 Å². The molecule has 1 aromatic carbocycles. The lowest BCUT2D eigenvalue weighted by Gasteiger charge is -2.08. The number of aryl methyl sites for hydroxylation is 1. The number of nitrogens with two attached hydrogens (primary N) is 1. The second-order valence-electron chi connectivity index (χ2n) is 3.73. The Labute approximate surface area is 99.0 Å². The van der Waals surface area contributed by atoms with Crippen molar-refractivity contribution >= 4 is 5.91 Å². The standard InChI is InChI=1S/C12H13N3O2/c1-8-4-2-3-5-10(8)17-7-6-9-11(13)14-15-12(9)16/h2-5H,6-7,13H2,1H3. The van der Waals surface area contributed by atoms with Gasteiger partial charge in [-0.1, -0.05) is 18.2 Å². The molecule has 2 N–H and O–H groups in total. The zero-order valence-corrected chi connectivity index (χ0v) is 9.51. The fourth-order valence-corrected chi connectivity index (χ4v) is 1.55. The first kappa shape index (κ1) is 11.3. The molecule has 17 heavy (non-hydrogen) atoms. The number of carbonyl (C=O) groups excluding carboxylic acids is 1. The smallest absolute Gasteiger partial charge is 0.295 e. The van der Waals surface area contributed by atoms with Gasteiger partial charge in [0, 0.05) is 6.42 Å². The van der Waals surface area contributed by atoms with E-state index in [0.717, 1.165) is 11.3 Å². The van der Waals surface area contributed by atoms with Crippen molar-refractivity contribution in [2.45, 2.75) is 13.3 Å². The molecule has 0 radical (unpaired) electrons. The highest BCUT2D eigenvalue weighted by Gasteiger charge is 2.18. The van der Waals surface area contributed by atoms with E-state index in [1.54, 1.807) is 0 Å². The molecule has 2 rings (SSSR count). The first-order chi connectivity index (χ1) is 8.18. The summed E-state index contributed by atoms with van der Waals surface area (Å²) in [5.74, 6) is 0.644. The van der Waals surface area contributed by atoms with Gasteiger partial charge in [0.25, 0.3) is 5.91 Å². The molecule has 5 heteroatoms. The van der Waals surface area contributed by atoms with Crippen molar-refractivity contribution < 1.29 is 9.53 Å². The first-order valence-corrected chi connectivity index (χ1v) is 5.31. The molecule has 0 fully saturated rings. The SMILES string of the molecule is Cc1ccccc1OCCC1=C(N)N=NC1=O. The summed E-state index contributed by atoms with van der Waals surface area (Å²) in [6.45, 7) is 2.35. The zero-order chi connectivity index (χ0) is 12.3. The van der Waals surface area contributed by atoms with Crippen LogP contribution in [0.3, 0.4) is 0 Å². The van der Waals surface area contributed by atoms with Gasteiger partial charge in [0.2, 0.25) is 0 Å². The molecule has 88 valence electrons. The van der Waals surface area contributed by atoms with Gasteiger partial charge in [0.15, 0.2) is 5.82 Å². The van der Waals surface area contributed by atoms with Gasteiger partial charge in [-0.3, -0.25) is 4.79 Å². The molecule has 0 aromatic heterocycles. The molecule has 1 aliphatic heterocycles. The minimum atomic E-state index is -0.365. The zero-order valence-electron chi connectivity index (χ0n) is 9.51. The van der Waals surface area contributed by atoms with Gasteiger partial charge < -0.3 is 10.5 Å². The van der Waals surface area contributed by atoms with Crippen LogP contribution in [0, 0.1) is 6.92 Å². The molecule has 0 spiro atoms. The Morgan fingerprint density at radius 1 is 1.29 bits per heavy atom. The number of ether oxygens (including phenoxy) is 1. The number of hydrogen-bond acceptors (Lipinski definition) is 4. The van der Waals surface area contributed by atoms with Crippen molar-refractivity contribution in [3.63, 3.8) is 0 Å². The highest BCUT2D eigenvalue weighted by molar-refractivity contribution is 5.96. The molecule has 5 nitrogen and oxygen atoms in total. The van der Waals surface area contributed by atoms with Gasteiger partial charge >= 0.3 is 0 Å². The van der Waals surface area contributed by atoms with Crippen LogP contribution in [0.5, 0.6) is 5.75 Å². The third kappa shape index (κ3) is 2.50. The van der Waals surface area contributed by atoms with Crippen molar-refractivity contribution in [1.29, 1.82) is 0 Å². The van der Waals surface area contributed by atoms with E-state index in [9.17, 15) is 4.79 Å². The van der Waals surface area contributed by atoms with E-state index in [1.165, 1.54) is 0 Å². The molecule has 1 heterocycles. The average Bonchev–Trinajstić information content (AvgIpc) is 2.63. The van der Waals surface area contributed by atoms with Crippen molar-refractivity contribution in [2.24, 2.45) is 16.0 Å². The Hall–Kier alpha value is -2.17. The minimum absolute atomic E-state index is 0.198. The molecule has 0 saturated carbocycles.